The first-order valence-corrected chi connectivity index (χ1v) is 8.31. The molecular weight excluding hydrogens is 419 g/mol. The summed E-state index contributed by atoms with van der Waals surface area (Å²) >= 11 is 3.22. The van der Waals surface area contributed by atoms with Gasteiger partial charge >= 0.3 is 0 Å². The zero-order chi connectivity index (χ0) is 15.9. The molecule has 0 amide bonds. The van der Waals surface area contributed by atoms with Gasteiger partial charge in [-0.25, -0.2) is 8.78 Å². The first-order valence-electron chi connectivity index (χ1n) is 6.24. The first-order chi connectivity index (χ1) is 10.6. The van der Waals surface area contributed by atoms with E-state index in [9.17, 15) is 8.78 Å². The van der Waals surface area contributed by atoms with Crippen molar-refractivity contribution in [3.8, 4) is 0 Å². The summed E-state index contributed by atoms with van der Waals surface area (Å²) in [5.74, 6) is -1.20. The molecule has 0 fully saturated rings. The fourth-order valence-corrected chi connectivity index (χ4v) is 2.73. The lowest BCUT2D eigenvalue weighted by molar-refractivity contribution is 0.506. The van der Waals surface area contributed by atoms with Crippen LogP contribution in [0.5, 0.6) is 0 Å². The molecule has 2 N–H and O–H groups in total. The molecule has 0 aromatic heterocycles. The maximum Gasteiger partial charge on any atom is 0.180 e. The second-order valence-electron chi connectivity index (χ2n) is 4.21. The molecule has 0 aliphatic carbocycles. The van der Waals surface area contributed by atoms with Crippen molar-refractivity contribution in [2.45, 2.75) is 5.75 Å². The SMILES string of the molecule is NC(=NN=Cc1c(I)ccc(F)c1F)SCc1ccccc1. The van der Waals surface area contributed by atoms with E-state index in [4.69, 9.17) is 5.73 Å². The first kappa shape index (κ1) is 16.9. The van der Waals surface area contributed by atoms with Crippen molar-refractivity contribution >= 4 is 45.7 Å². The highest BCUT2D eigenvalue weighted by atomic mass is 127. The van der Waals surface area contributed by atoms with Gasteiger partial charge < -0.3 is 5.73 Å². The summed E-state index contributed by atoms with van der Waals surface area (Å²) < 4.78 is 27.3. The molecular formula is C15H12F2IN3S. The maximum absolute atomic E-state index is 13.6. The molecule has 2 rings (SSSR count). The van der Waals surface area contributed by atoms with Gasteiger partial charge in [-0.15, -0.1) is 5.10 Å². The lowest BCUT2D eigenvalue weighted by Gasteiger charge is -2.01. The number of rotatable bonds is 4. The molecule has 114 valence electrons. The van der Waals surface area contributed by atoms with Crippen LogP contribution in [0.3, 0.4) is 0 Å². The van der Waals surface area contributed by atoms with E-state index in [1.165, 1.54) is 17.8 Å². The number of hydrogen-bond acceptors (Lipinski definition) is 3. The Kier molecular flexibility index (Phi) is 6.32. The van der Waals surface area contributed by atoms with Gasteiger partial charge in [0.15, 0.2) is 16.8 Å². The predicted octanol–water partition coefficient (Wildman–Crippen LogP) is 4.15. The molecule has 0 saturated heterocycles. The topological polar surface area (TPSA) is 50.7 Å². The van der Waals surface area contributed by atoms with Gasteiger partial charge in [0, 0.05) is 14.9 Å². The minimum atomic E-state index is -0.943. The van der Waals surface area contributed by atoms with Crippen LogP contribution in [0.25, 0.3) is 0 Å². The zero-order valence-corrected chi connectivity index (χ0v) is 14.3. The van der Waals surface area contributed by atoms with Crippen LogP contribution < -0.4 is 5.73 Å². The van der Waals surface area contributed by atoms with Crippen LogP contribution >= 0.6 is 34.4 Å². The van der Waals surface area contributed by atoms with Crippen molar-refractivity contribution in [1.82, 2.24) is 0 Å². The number of halogens is 3. The van der Waals surface area contributed by atoms with E-state index in [0.717, 1.165) is 17.8 Å². The van der Waals surface area contributed by atoms with E-state index in [-0.39, 0.29) is 10.7 Å². The Morgan fingerprint density at radius 1 is 1.18 bits per heavy atom. The maximum atomic E-state index is 13.6. The van der Waals surface area contributed by atoms with Crippen LogP contribution in [0.2, 0.25) is 0 Å². The van der Waals surface area contributed by atoms with Gasteiger partial charge in [-0.3, -0.25) is 0 Å². The average molecular weight is 431 g/mol. The molecule has 0 spiro atoms. The molecule has 0 bridgehead atoms. The van der Waals surface area contributed by atoms with E-state index in [0.29, 0.717) is 9.32 Å². The van der Waals surface area contributed by atoms with Gasteiger partial charge in [0.2, 0.25) is 0 Å². The highest BCUT2D eigenvalue weighted by molar-refractivity contribution is 14.1. The molecule has 22 heavy (non-hydrogen) atoms. The lowest BCUT2D eigenvalue weighted by atomic mass is 10.2. The molecule has 2 aromatic rings. The van der Waals surface area contributed by atoms with Crippen molar-refractivity contribution in [3.05, 3.63) is 68.8 Å². The Balaban J connectivity index is 2.00. The summed E-state index contributed by atoms with van der Waals surface area (Å²) in [6.07, 6.45) is 1.16. The lowest BCUT2D eigenvalue weighted by Crippen LogP contribution is -2.06. The van der Waals surface area contributed by atoms with E-state index in [1.54, 1.807) is 0 Å². The molecule has 7 heteroatoms. The van der Waals surface area contributed by atoms with Gasteiger partial charge in [-0.2, -0.15) is 5.10 Å². The highest BCUT2D eigenvalue weighted by Gasteiger charge is 2.09. The van der Waals surface area contributed by atoms with Crippen LogP contribution in [-0.2, 0) is 5.75 Å². The van der Waals surface area contributed by atoms with E-state index in [1.807, 2.05) is 52.9 Å². The number of thioether (sulfide) groups is 1. The molecule has 0 aliphatic rings. The summed E-state index contributed by atoms with van der Waals surface area (Å²) in [4.78, 5) is 0. The largest absolute Gasteiger partial charge is 0.377 e. The second-order valence-corrected chi connectivity index (χ2v) is 6.37. The Hall–Kier alpha value is -1.48. The summed E-state index contributed by atoms with van der Waals surface area (Å²) in [6.45, 7) is 0. The minimum Gasteiger partial charge on any atom is -0.377 e. The third-order valence-corrected chi connectivity index (χ3v) is 4.45. The molecule has 0 radical (unpaired) electrons. The van der Waals surface area contributed by atoms with Crippen molar-refractivity contribution < 1.29 is 8.78 Å². The quantitative estimate of drug-likeness (QED) is 0.260. The molecule has 0 atom stereocenters. The summed E-state index contributed by atoms with van der Waals surface area (Å²) in [5, 5.41) is 7.76. The fourth-order valence-electron chi connectivity index (χ4n) is 1.56. The van der Waals surface area contributed by atoms with E-state index in [2.05, 4.69) is 10.2 Å². The van der Waals surface area contributed by atoms with Crippen molar-refractivity contribution in [3.63, 3.8) is 0 Å². The molecule has 0 unspecified atom stereocenters. The van der Waals surface area contributed by atoms with Crippen LogP contribution in [0.15, 0.2) is 52.7 Å². The Morgan fingerprint density at radius 2 is 1.91 bits per heavy atom. The molecule has 3 nitrogen and oxygen atoms in total. The van der Waals surface area contributed by atoms with Gasteiger partial charge in [0.25, 0.3) is 0 Å². The van der Waals surface area contributed by atoms with E-state index < -0.39 is 11.6 Å². The normalized spacial score (nSPS) is 12.0. The third-order valence-electron chi connectivity index (χ3n) is 2.65. The Labute approximate surface area is 144 Å². The molecule has 2 aromatic carbocycles. The highest BCUT2D eigenvalue weighted by Crippen LogP contribution is 2.17. The monoisotopic (exact) mass is 431 g/mol. The van der Waals surface area contributed by atoms with Gasteiger partial charge in [0.05, 0.1) is 6.21 Å². The van der Waals surface area contributed by atoms with Gasteiger partial charge in [0.1, 0.15) is 0 Å². The summed E-state index contributed by atoms with van der Waals surface area (Å²) in [5.41, 5.74) is 6.89. The summed E-state index contributed by atoms with van der Waals surface area (Å²) in [6, 6.07) is 12.3. The number of amidine groups is 1. The second kappa shape index (κ2) is 8.23. The van der Waals surface area contributed by atoms with Gasteiger partial charge in [-0.1, -0.05) is 42.1 Å². The van der Waals surface area contributed by atoms with E-state index >= 15 is 0 Å². The van der Waals surface area contributed by atoms with Crippen molar-refractivity contribution in [1.29, 1.82) is 0 Å². The number of hydrogen-bond donors (Lipinski definition) is 1. The van der Waals surface area contributed by atoms with Crippen molar-refractivity contribution in [2.75, 3.05) is 0 Å². The average Bonchev–Trinajstić information content (AvgIpc) is 2.53. The zero-order valence-electron chi connectivity index (χ0n) is 11.3. The smallest absolute Gasteiger partial charge is 0.180 e. The number of benzene rings is 2. The van der Waals surface area contributed by atoms with Crippen LogP contribution in [0, 0.1) is 15.2 Å². The molecule has 0 heterocycles. The summed E-state index contributed by atoms with van der Waals surface area (Å²) in [7, 11) is 0. The molecule has 0 saturated carbocycles. The minimum absolute atomic E-state index is 0.0604. The third kappa shape index (κ3) is 4.77. The van der Waals surface area contributed by atoms with Crippen LogP contribution in [0.1, 0.15) is 11.1 Å². The number of nitrogens with zero attached hydrogens (tertiary/aromatic N) is 2. The Bertz CT molecular complexity index is 705. The van der Waals surface area contributed by atoms with Crippen LogP contribution in [-0.4, -0.2) is 11.4 Å². The van der Waals surface area contributed by atoms with Crippen LogP contribution in [0.4, 0.5) is 8.78 Å². The fraction of sp³-hybridized carbons (Fsp3) is 0.0667. The predicted molar refractivity (Wildman–Crippen MR) is 96.0 cm³/mol. The standard InChI is InChI=1S/C15H12F2IN3S/c16-12-6-7-13(18)11(14(12)17)8-20-21-15(19)22-9-10-4-2-1-3-5-10/h1-8H,9H2,(H2,19,21). The van der Waals surface area contributed by atoms with Gasteiger partial charge in [-0.05, 0) is 40.3 Å². The molecule has 0 aliphatic heterocycles. The Morgan fingerprint density at radius 3 is 2.64 bits per heavy atom. The number of nitrogens with two attached hydrogens (primary N) is 1. The van der Waals surface area contributed by atoms with Crippen molar-refractivity contribution in [2.24, 2.45) is 15.9 Å².